The summed E-state index contributed by atoms with van der Waals surface area (Å²) in [6.45, 7) is 1.73. The molecule has 0 saturated heterocycles. The standard InChI is InChI=1S/C10H7Cl3N2O2S/c1-6-4-14-15(5-6)18(16,17)10-3-8(12)7(11)2-9(10)13/h2-5H,1H3. The van der Waals surface area contributed by atoms with Crippen LogP contribution in [0.1, 0.15) is 5.56 Å². The average Bonchev–Trinajstić information content (AvgIpc) is 2.70. The van der Waals surface area contributed by atoms with Gasteiger partial charge in [0.05, 0.1) is 21.3 Å². The lowest BCUT2D eigenvalue weighted by Crippen LogP contribution is -2.14. The predicted octanol–water partition coefficient (Wildman–Crippen LogP) is 3.39. The number of hydrogen-bond acceptors (Lipinski definition) is 3. The molecule has 0 aliphatic carbocycles. The van der Waals surface area contributed by atoms with E-state index in [0.29, 0.717) is 0 Å². The van der Waals surface area contributed by atoms with Gasteiger partial charge in [-0.3, -0.25) is 0 Å². The zero-order valence-electron chi connectivity index (χ0n) is 9.06. The number of rotatable bonds is 2. The molecule has 0 aliphatic rings. The Balaban J connectivity index is 2.65. The minimum atomic E-state index is -3.86. The fourth-order valence-electron chi connectivity index (χ4n) is 1.32. The minimum Gasteiger partial charge on any atom is -0.199 e. The van der Waals surface area contributed by atoms with Gasteiger partial charge in [-0.05, 0) is 24.6 Å². The summed E-state index contributed by atoms with van der Waals surface area (Å²) in [7, 11) is -3.86. The fourth-order valence-corrected chi connectivity index (χ4v) is 3.48. The van der Waals surface area contributed by atoms with Crippen LogP contribution in [-0.4, -0.2) is 17.6 Å². The topological polar surface area (TPSA) is 52.0 Å². The van der Waals surface area contributed by atoms with Crippen LogP contribution in [0.25, 0.3) is 0 Å². The van der Waals surface area contributed by atoms with Crippen molar-refractivity contribution in [3.8, 4) is 0 Å². The van der Waals surface area contributed by atoms with Gasteiger partial charge in [0.25, 0.3) is 10.0 Å². The molecule has 0 unspecified atom stereocenters. The second kappa shape index (κ2) is 4.74. The van der Waals surface area contributed by atoms with Crippen molar-refractivity contribution >= 4 is 44.8 Å². The molecular weight excluding hydrogens is 319 g/mol. The van der Waals surface area contributed by atoms with Crippen LogP contribution in [0, 0.1) is 6.92 Å². The number of halogens is 3. The quantitative estimate of drug-likeness (QED) is 0.795. The molecule has 96 valence electrons. The molecule has 0 atom stereocenters. The summed E-state index contributed by atoms with van der Waals surface area (Å²) >= 11 is 17.4. The first-order valence-electron chi connectivity index (χ1n) is 4.74. The molecular formula is C10H7Cl3N2O2S. The molecule has 8 heteroatoms. The Hall–Kier alpha value is -0.750. The second-order valence-corrected chi connectivity index (χ2v) is 6.58. The van der Waals surface area contributed by atoms with E-state index in [1.54, 1.807) is 6.92 Å². The van der Waals surface area contributed by atoms with Gasteiger partial charge in [0.15, 0.2) is 0 Å². The first-order chi connectivity index (χ1) is 8.32. The monoisotopic (exact) mass is 324 g/mol. The van der Waals surface area contributed by atoms with Crippen LogP contribution >= 0.6 is 34.8 Å². The van der Waals surface area contributed by atoms with Crippen LogP contribution in [0.4, 0.5) is 0 Å². The normalized spacial score (nSPS) is 11.8. The van der Waals surface area contributed by atoms with Gasteiger partial charge < -0.3 is 0 Å². The van der Waals surface area contributed by atoms with Gasteiger partial charge in [0, 0.05) is 6.20 Å². The maximum atomic E-state index is 12.2. The molecule has 18 heavy (non-hydrogen) atoms. The van der Waals surface area contributed by atoms with E-state index in [0.717, 1.165) is 9.65 Å². The Morgan fingerprint density at radius 3 is 2.28 bits per heavy atom. The van der Waals surface area contributed by atoms with Crippen molar-refractivity contribution in [1.29, 1.82) is 0 Å². The van der Waals surface area contributed by atoms with Crippen LogP contribution in [0.15, 0.2) is 29.4 Å². The van der Waals surface area contributed by atoms with Crippen molar-refractivity contribution in [3.63, 3.8) is 0 Å². The largest absolute Gasteiger partial charge is 0.284 e. The summed E-state index contributed by atoms with van der Waals surface area (Å²) in [4.78, 5) is -0.137. The molecule has 0 aliphatic heterocycles. The lowest BCUT2D eigenvalue weighted by atomic mass is 10.4. The minimum absolute atomic E-state index is 0.00227. The number of hydrogen-bond donors (Lipinski definition) is 0. The molecule has 4 nitrogen and oxygen atoms in total. The number of nitrogens with zero attached hydrogens (tertiary/aromatic N) is 2. The first kappa shape index (κ1) is 13.7. The van der Waals surface area contributed by atoms with Crippen molar-refractivity contribution < 1.29 is 8.42 Å². The van der Waals surface area contributed by atoms with Gasteiger partial charge in [0.1, 0.15) is 4.90 Å². The van der Waals surface area contributed by atoms with Gasteiger partial charge in [-0.2, -0.15) is 17.6 Å². The van der Waals surface area contributed by atoms with Crippen molar-refractivity contribution in [3.05, 3.63) is 45.2 Å². The molecule has 0 N–H and O–H groups in total. The van der Waals surface area contributed by atoms with E-state index in [9.17, 15) is 8.42 Å². The summed E-state index contributed by atoms with van der Waals surface area (Å²) in [5, 5.41) is 4.06. The average molecular weight is 326 g/mol. The molecule has 1 aromatic heterocycles. The Bertz CT molecular complexity index is 710. The fraction of sp³-hybridized carbons (Fsp3) is 0.100. The second-order valence-electron chi connectivity index (χ2n) is 3.59. The Labute approximate surface area is 119 Å². The van der Waals surface area contributed by atoms with Crippen LogP contribution in [0.3, 0.4) is 0 Å². The van der Waals surface area contributed by atoms with Gasteiger partial charge >= 0.3 is 0 Å². The van der Waals surface area contributed by atoms with Gasteiger partial charge in [-0.15, -0.1) is 0 Å². The van der Waals surface area contributed by atoms with E-state index in [1.807, 2.05) is 0 Å². The zero-order chi connectivity index (χ0) is 13.5. The smallest absolute Gasteiger partial charge is 0.199 e. The molecule has 2 aromatic rings. The highest BCUT2D eigenvalue weighted by molar-refractivity contribution is 7.90. The summed E-state index contributed by atoms with van der Waals surface area (Å²) in [5.41, 5.74) is 0.717. The highest BCUT2D eigenvalue weighted by Gasteiger charge is 2.22. The number of benzene rings is 1. The highest BCUT2D eigenvalue weighted by Crippen LogP contribution is 2.32. The Morgan fingerprint density at radius 1 is 1.11 bits per heavy atom. The van der Waals surface area contributed by atoms with Gasteiger partial charge in [0.2, 0.25) is 0 Å². The van der Waals surface area contributed by atoms with Gasteiger partial charge in [-0.25, -0.2) is 0 Å². The molecule has 2 rings (SSSR count). The van der Waals surface area contributed by atoms with Crippen molar-refractivity contribution in [1.82, 2.24) is 9.19 Å². The highest BCUT2D eigenvalue weighted by atomic mass is 35.5. The van der Waals surface area contributed by atoms with E-state index in [2.05, 4.69) is 5.10 Å². The predicted molar refractivity (Wildman–Crippen MR) is 71.0 cm³/mol. The first-order valence-corrected chi connectivity index (χ1v) is 7.31. The molecule has 0 bridgehead atoms. The third kappa shape index (κ3) is 2.36. The molecule has 0 fully saturated rings. The van der Waals surface area contributed by atoms with Crippen LogP contribution < -0.4 is 0 Å². The lowest BCUT2D eigenvalue weighted by molar-refractivity contribution is 0.580. The van der Waals surface area contributed by atoms with Gasteiger partial charge in [-0.1, -0.05) is 34.8 Å². The number of aromatic nitrogens is 2. The summed E-state index contributed by atoms with van der Waals surface area (Å²) in [6, 6.07) is 2.49. The van der Waals surface area contributed by atoms with Crippen LogP contribution in [-0.2, 0) is 10.0 Å². The summed E-state index contributed by atoms with van der Waals surface area (Å²) in [6.07, 6.45) is 2.82. The summed E-state index contributed by atoms with van der Waals surface area (Å²) in [5.74, 6) is 0. The molecule has 1 aromatic carbocycles. The lowest BCUT2D eigenvalue weighted by Gasteiger charge is -2.07. The third-order valence-electron chi connectivity index (χ3n) is 2.19. The Kier molecular flexibility index (Phi) is 3.60. The van der Waals surface area contributed by atoms with Crippen molar-refractivity contribution in [2.45, 2.75) is 11.8 Å². The maximum absolute atomic E-state index is 12.2. The Morgan fingerprint density at radius 2 is 1.72 bits per heavy atom. The third-order valence-corrected chi connectivity index (χ3v) is 4.92. The molecule has 0 spiro atoms. The summed E-state index contributed by atoms with van der Waals surface area (Å²) < 4.78 is 25.3. The van der Waals surface area contributed by atoms with Crippen molar-refractivity contribution in [2.24, 2.45) is 0 Å². The molecule has 0 radical (unpaired) electrons. The van der Waals surface area contributed by atoms with E-state index in [-0.39, 0.29) is 20.0 Å². The molecule has 1 heterocycles. The van der Waals surface area contributed by atoms with Crippen LogP contribution in [0.5, 0.6) is 0 Å². The molecule has 0 saturated carbocycles. The van der Waals surface area contributed by atoms with E-state index < -0.39 is 10.0 Å². The number of aryl methyl sites for hydroxylation is 1. The van der Waals surface area contributed by atoms with E-state index >= 15 is 0 Å². The van der Waals surface area contributed by atoms with Crippen LogP contribution in [0.2, 0.25) is 15.1 Å². The van der Waals surface area contributed by atoms with Crippen molar-refractivity contribution in [2.75, 3.05) is 0 Å². The van der Waals surface area contributed by atoms with E-state index in [4.69, 9.17) is 34.8 Å². The van der Waals surface area contributed by atoms with E-state index in [1.165, 1.54) is 24.5 Å². The zero-order valence-corrected chi connectivity index (χ0v) is 12.1. The molecule has 0 amide bonds. The maximum Gasteiger partial charge on any atom is 0.284 e. The SMILES string of the molecule is Cc1cnn(S(=O)(=O)c2cc(Cl)c(Cl)cc2Cl)c1.